The van der Waals surface area contributed by atoms with Crippen molar-refractivity contribution in [1.82, 2.24) is 29.9 Å². The Morgan fingerprint density at radius 3 is 1.07 bits per heavy atom. The minimum atomic E-state index is 0.532. The van der Waals surface area contributed by atoms with E-state index in [9.17, 15) is 0 Å². The van der Waals surface area contributed by atoms with Gasteiger partial charge in [-0.05, 0) is 307 Å². The Morgan fingerprint density at radius 2 is 0.489 bits per heavy atom. The molecule has 636 valence electrons. The molecule has 9 heteroatoms. The lowest BCUT2D eigenvalue weighted by Crippen LogP contribution is -1.87. The van der Waals surface area contributed by atoms with Crippen LogP contribution in [0.1, 0.15) is 0 Å². The van der Waals surface area contributed by atoms with E-state index in [-0.39, 0.29) is 0 Å². The summed E-state index contributed by atoms with van der Waals surface area (Å²) in [4.78, 5) is 28.0. The molecule has 6 aromatic heterocycles. The van der Waals surface area contributed by atoms with Crippen molar-refractivity contribution in [1.29, 1.82) is 0 Å². The lowest BCUT2D eigenvalue weighted by atomic mass is 9.89. The second kappa shape index (κ2) is 32.2. The predicted octanol–water partition coefficient (Wildman–Crippen LogP) is 34.8. The summed E-state index contributed by atoms with van der Waals surface area (Å²) in [6, 6.07) is 158. The molecule has 0 aliphatic heterocycles. The van der Waals surface area contributed by atoms with E-state index in [0.717, 1.165) is 131 Å². The van der Waals surface area contributed by atoms with Crippen LogP contribution in [0.2, 0.25) is 0 Å². The molecule has 0 N–H and O–H groups in total. The molecule has 29 aromatic rings. The molecule has 0 bridgehead atoms. The van der Waals surface area contributed by atoms with Crippen molar-refractivity contribution >= 4 is 184 Å². The van der Waals surface area contributed by atoms with E-state index in [1.54, 1.807) is 6.20 Å². The van der Waals surface area contributed by atoms with Crippen LogP contribution in [0.3, 0.4) is 0 Å². The summed E-state index contributed by atoms with van der Waals surface area (Å²) >= 11 is 0. The Bertz CT molecular complexity index is 10000. The molecule has 0 aliphatic rings. The Hall–Kier alpha value is -18.4. The van der Waals surface area contributed by atoms with Gasteiger partial charge in [0.25, 0.3) is 0 Å². The molecule has 0 saturated carbocycles. The average molecular weight is 1750 g/mol. The van der Waals surface area contributed by atoms with E-state index in [0.29, 0.717) is 17.7 Å². The van der Waals surface area contributed by atoms with Gasteiger partial charge in [0.05, 0.1) is 11.0 Å². The molecule has 9 nitrogen and oxygen atoms in total. The van der Waals surface area contributed by atoms with Gasteiger partial charge in [0.1, 0.15) is 22.2 Å². The summed E-state index contributed by atoms with van der Waals surface area (Å²) in [5, 5.41) is 31.0. The minimum Gasteiger partial charge on any atom is -0.435 e. The van der Waals surface area contributed by atoms with Crippen molar-refractivity contribution in [2.45, 2.75) is 0 Å². The third-order valence-corrected chi connectivity index (χ3v) is 27.5. The number of rotatable bonds is 9. The maximum Gasteiger partial charge on any atom is 0.246 e. The molecule has 0 spiro atoms. The van der Waals surface area contributed by atoms with Crippen molar-refractivity contribution in [3.8, 4) is 101 Å². The summed E-state index contributed by atoms with van der Waals surface area (Å²) in [5.74, 6) is 1.77. The lowest BCUT2D eigenvalue weighted by Gasteiger charge is -2.14. The highest BCUT2D eigenvalue weighted by molar-refractivity contribution is 6.25. The molecule has 0 atom stereocenters. The second-order valence-corrected chi connectivity index (χ2v) is 35.4. The number of nitrogens with zero attached hydrogens (tertiary/aromatic N) is 6. The zero-order valence-electron chi connectivity index (χ0n) is 73.8. The minimum absolute atomic E-state index is 0.532. The van der Waals surface area contributed by atoms with Gasteiger partial charge in [0.15, 0.2) is 16.7 Å². The van der Waals surface area contributed by atoms with E-state index >= 15 is 0 Å². The van der Waals surface area contributed by atoms with Crippen molar-refractivity contribution in [3.05, 3.63) is 461 Å². The van der Waals surface area contributed by atoms with Gasteiger partial charge in [-0.15, -0.1) is 0 Å². The molecule has 137 heavy (non-hydrogen) atoms. The molecule has 0 amide bonds. The van der Waals surface area contributed by atoms with Gasteiger partial charge in [-0.1, -0.05) is 315 Å². The summed E-state index contributed by atoms with van der Waals surface area (Å²) in [7, 11) is 0. The number of oxazole rings is 3. The highest BCUT2D eigenvalue weighted by Gasteiger charge is 2.22. The molecule has 0 radical (unpaired) electrons. The number of hydrogen-bond acceptors (Lipinski definition) is 9. The van der Waals surface area contributed by atoms with E-state index in [1.165, 1.54) is 137 Å². The van der Waals surface area contributed by atoms with Crippen LogP contribution in [-0.2, 0) is 0 Å². The van der Waals surface area contributed by atoms with Crippen LogP contribution in [0.4, 0.5) is 0 Å². The molecule has 29 rings (SSSR count). The molecular weight excluding hydrogens is 1670 g/mol. The second-order valence-electron chi connectivity index (χ2n) is 35.4. The quantitative estimate of drug-likeness (QED) is 0.130. The van der Waals surface area contributed by atoms with E-state index < -0.39 is 0 Å². The van der Waals surface area contributed by atoms with Gasteiger partial charge >= 0.3 is 0 Å². The Morgan fingerprint density at radius 1 is 0.146 bits per heavy atom. The number of fused-ring (bicyclic) bond motifs is 26. The van der Waals surface area contributed by atoms with Gasteiger partial charge in [0.2, 0.25) is 17.7 Å². The van der Waals surface area contributed by atoms with Gasteiger partial charge in [0, 0.05) is 56.6 Å². The van der Waals surface area contributed by atoms with Crippen molar-refractivity contribution < 1.29 is 13.3 Å². The highest BCUT2D eigenvalue weighted by Crippen LogP contribution is 2.46. The Labute approximate surface area is 784 Å². The topological polar surface area (TPSA) is 117 Å². The van der Waals surface area contributed by atoms with E-state index in [4.69, 9.17) is 28.2 Å². The highest BCUT2D eigenvalue weighted by atomic mass is 16.4. The smallest absolute Gasteiger partial charge is 0.246 e. The predicted molar refractivity (Wildman–Crippen MR) is 569 cm³/mol. The first-order chi connectivity index (χ1) is 67.8. The Kier molecular flexibility index (Phi) is 18.5. The van der Waals surface area contributed by atoms with Crippen LogP contribution in [0.25, 0.3) is 286 Å². The zero-order valence-corrected chi connectivity index (χ0v) is 73.8. The van der Waals surface area contributed by atoms with Crippen molar-refractivity contribution in [2.75, 3.05) is 0 Å². The summed E-state index contributed by atoms with van der Waals surface area (Å²) in [6.45, 7) is 0. The van der Waals surface area contributed by atoms with Crippen LogP contribution >= 0.6 is 0 Å². The van der Waals surface area contributed by atoms with Crippen molar-refractivity contribution in [2.24, 2.45) is 0 Å². The Balaban J connectivity index is 0.000000104. The SMILES string of the molecule is c1cc(-c2ccc3c(ccc4ccc5nc(-c6ccc7ncccc7c6)oc5c43)c2)cc(-c2cc3ccccc3c3ccccc23)c1.c1cc(-c2ccc3c(ccc4ccc5nc(-c6ccc7ncccc7c6)oc5c43)c2)cc(-c2cccc3ccccc23)c1.c1ccc(-c2nc3ccc4ccc5ccc(-c6cccc(-c7cc8ccc9ccccc9c8c8ccccc78)c6)cc5c4c3o2)nc1. The number of hydrogen-bond donors (Lipinski definition) is 0. The maximum absolute atomic E-state index is 6.54. The third-order valence-electron chi connectivity index (χ3n) is 27.5. The maximum atomic E-state index is 6.54. The molecular formula is C128H76N6O3. The fourth-order valence-corrected chi connectivity index (χ4v) is 20.9. The van der Waals surface area contributed by atoms with E-state index in [1.807, 2.05) is 79.1 Å². The number of pyridine rings is 3. The fourth-order valence-electron chi connectivity index (χ4n) is 20.9. The molecule has 0 fully saturated rings. The van der Waals surface area contributed by atoms with E-state index in [2.05, 4.69) is 391 Å². The van der Waals surface area contributed by atoms with Crippen LogP contribution in [-0.4, -0.2) is 29.9 Å². The molecule has 0 aliphatic carbocycles. The van der Waals surface area contributed by atoms with Crippen LogP contribution in [0.15, 0.2) is 475 Å². The first-order valence-electron chi connectivity index (χ1n) is 46.3. The standard InChI is InChI=1S/2C44H26N2O.C40H24N2O/c1-2-11-35-31(7-1)26-39(38-13-4-3-12-37(35)38)30-9-5-8-28(23-30)29-16-19-36-32(24-29)15-14-27-17-21-41-43(42(27)36)47-44(46-41)34-18-20-40-33(25-34)10-6-22-45-40;1-2-11-34-27(8-1)17-20-33-26-37(35-12-3-4-13-36(35)41(33)34)32-10-7-9-30(24-32)31-19-16-28-15-18-29-21-22-39-43(42(29)38(28)25-31)47-44(46-39)40-14-5-6-23-45-40;1-2-11-33-25(6-1)7-4-12-34(33)29-9-3-8-27(22-29)28-15-18-35-30(23-28)14-13-26-16-20-37-39(38(26)35)43-40(42-37)32-17-19-36-31(24-32)10-5-21-41-36/h2*1-26H;1-24H. The molecule has 0 unspecified atom stereocenters. The number of aromatic nitrogens is 6. The van der Waals surface area contributed by atoms with Gasteiger partial charge < -0.3 is 13.3 Å². The van der Waals surface area contributed by atoms with Crippen LogP contribution < -0.4 is 0 Å². The average Bonchev–Trinajstić information content (AvgIpc) is 1.72. The van der Waals surface area contributed by atoms with Gasteiger partial charge in [-0.2, -0.15) is 0 Å². The summed E-state index contributed by atoms with van der Waals surface area (Å²) < 4.78 is 19.5. The monoisotopic (exact) mass is 1740 g/mol. The third kappa shape index (κ3) is 13.7. The largest absolute Gasteiger partial charge is 0.435 e. The normalized spacial score (nSPS) is 11.8. The number of benzene rings is 23. The zero-order chi connectivity index (χ0) is 90.1. The summed E-state index contributed by atoms with van der Waals surface area (Å²) in [5.41, 5.74) is 23.9. The lowest BCUT2D eigenvalue weighted by molar-refractivity contribution is 0.620. The molecule has 0 saturated heterocycles. The van der Waals surface area contributed by atoms with Crippen LogP contribution in [0, 0.1) is 0 Å². The van der Waals surface area contributed by atoms with Crippen molar-refractivity contribution in [3.63, 3.8) is 0 Å². The van der Waals surface area contributed by atoms with Gasteiger partial charge in [-0.3, -0.25) is 15.0 Å². The summed E-state index contributed by atoms with van der Waals surface area (Å²) in [6.07, 6.45) is 5.39. The fraction of sp³-hybridized carbons (Fsp3) is 0. The van der Waals surface area contributed by atoms with Crippen LogP contribution in [0.5, 0.6) is 0 Å². The first-order valence-corrected chi connectivity index (χ1v) is 46.3. The van der Waals surface area contributed by atoms with Gasteiger partial charge in [-0.25, -0.2) is 15.0 Å². The molecule has 6 heterocycles. The first kappa shape index (κ1) is 78.4. The molecule has 23 aromatic carbocycles.